The van der Waals surface area contributed by atoms with Crippen LogP contribution < -0.4 is 21.9 Å². The van der Waals surface area contributed by atoms with Gasteiger partial charge in [-0.1, -0.05) is 31.5 Å². The van der Waals surface area contributed by atoms with Crippen LogP contribution in [0.3, 0.4) is 0 Å². The first-order chi connectivity index (χ1) is 14.4. The molecule has 0 radical (unpaired) electrons. The molecule has 0 aliphatic rings. The number of anilines is 2. The van der Waals surface area contributed by atoms with Crippen molar-refractivity contribution in [3.63, 3.8) is 0 Å². The molecule has 1 aromatic carbocycles. The number of oxazole rings is 1. The number of amides is 1. The number of nitrogens with one attached hydrogen (secondary N) is 1. The molecule has 3 aromatic rings. The molecule has 2 aromatic heterocycles. The molecule has 0 unspecified atom stereocenters. The van der Waals surface area contributed by atoms with Gasteiger partial charge >= 0.3 is 5.69 Å². The number of carbonyl (C=O) groups excluding carboxylic acids is 1. The Morgan fingerprint density at radius 3 is 2.57 bits per heavy atom. The van der Waals surface area contributed by atoms with Crippen molar-refractivity contribution in [2.45, 2.75) is 40.2 Å². The van der Waals surface area contributed by atoms with Gasteiger partial charge in [0.25, 0.3) is 11.5 Å². The van der Waals surface area contributed by atoms with Crippen LogP contribution >= 0.6 is 0 Å². The molecule has 158 valence electrons. The summed E-state index contributed by atoms with van der Waals surface area (Å²) >= 11 is 0. The molecule has 0 bridgehead atoms. The molecule has 3 rings (SSSR count). The van der Waals surface area contributed by atoms with E-state index in [4.69, 9.17) is 10.2 Å². The van der Waals surface area contributed by atoms with Gasteiger partial charge in [-0.2, -0.15) is 0 Å². The van der Waals surface area contributed by atoms with E-state index in [0.717, 1.165) is 12.0 Å². The average Bonchev–Trinajstić information content (AvgIpc) is 3.12. The zero-order valence-electron chi connectivity index (χ0n) is 17.3. The predicted molar refractivity (Wildman–Crippen MR) is 115 cm³/mol. The fourth-order valence-corrected chi connectivity index (χ4v) is 3.21. The first-order valence-electron chi connectivity index (χ1n) is 9.86. The average molecular weight is 411 g/mol. The number of benzene rings is 1. The molecule has 0 saturated carbocycles. The topological polar surface area (TPSA) is 127 Å². The highest BCUT2D eigenvalue weighted by Crippen LogP contribution is 2.25. The zero-order chi connectivity index (χ0) is 21.8. The maximum Gasteiger partial charge on any atom is 0.330 e. The lowest BCUT2D eigenvalue weighted by atomic mass is 10.2. The van der Waals surface area contributed by atoms with Gasteiger partial charge in [-0.15, -0.1) is 0 Å². The van der Waals surface area contributed by atoms with E-state index in [1.165, 1.54) is 9.47 Å². The maximum absolute atomic E-state index is 13.3. The van der Waals surface area contributed by atoms with Crippen molar-refractivity contribution in [2.24, 2.45) is 0 Å². The lowest BCUT2D eigenvalue weighted by molar-refractivity contribution is 0.0982. The fourth-order valence-electron chi connectivity index (χ4n) is 3.21. The molecular weight excluding hydrogens is 386 g/mol. The third-order valence-electron chi connectivity index (χ3n) is 4.80. The third-order valence-corrected chi connectivity index (χ3v) is 4.80. The monoisotopic (exact) mass is 411 g/mol. The Morgan fingerprint density at radius 1 is 1.23 bits per heavy atom. The summed E-state index contributed by atoms with van der Waals surface area (Å²) in [4.78, 5) is 45.8. The van der Waals surface area contributed by atoms with Gasteiger partial charge in [0.1, 0.15) is 11.6 Å². The van der Waals surface area contributed by atoms with Crippen molar-refractivity contribution >= 4 is 17.4 Å². The summed E-state index contributed by atoms with van der Waals surface area (Å²) in [5.74, 6) is 0.0598. The number of aromatic amines is 1. The van der Waals surface area contributed by atoms with Crippen LogP contribution in [-0.2, 0) is 6.54 Å². The van der Waals surface area contributed by atoms with E-state index < -0.39 is 17.2 Å². The highest BCUT2D eigenvalue weighted by molar-refractivity contribution is 6.06. The number of hydrogen-bond donors (Lipinski definition) is 2. The minimum Gasteiger partial charge on any atom is -0.441 e. The zero-order valence-corrected chi connectivity index (χ0v) is 17.3. The molecular formula is C21H25N5O4. The fraction of sp³-hybridized carbons (Fsp3) is 0.333. The first-order valence-corrected chi connectivity index (χ1v) is 9.86. The number of nitrogens with zero attached hydrogens (tertiary/aromatic N) is 3. The lowest BCUT2D eigenvalue weighted by Crippen LogP contribution is -2.41. The highest BCUT2D eigenvalue weighted by Gasteiger charge is 2.28. The molecule has 1 amide bonds. The van der Waals surface area contributed by atoms with Gasteiger partial charge in [-0.3, -0.25) is 24.0 Å². The number of H-pyrrole nitrogens is 1. The SMILES string of the molecule is CCCCn1c(N)c(N(CC)C(=O)c2nc(-c3ccccc3)oc2C)c(=O)[nH]c1=O. The Labute approximate surface area is 173 Å². The predicted octanol–water partition coefficient (Wildman–Crippen LogP) is 2.55. The molecule has 9 nitrogen and oxygen atoms in total. The summed E-state index contributed by atoms with van der Waals surface area (Å²) in [6.07, 6.45) is 1.55. The van der Waals surface area contributed by atoms with Crippen molar-refractivity contribution in [1.29, 1.82) is 0 Å². The van der Waals surface area contributed by atoms with Crippen molar-refractivity contribution in [3.05, 3.63) is 62.6 Å². The van der Waals surface area contributed by atoms with E-state index in [2.05, 4.69) is 9.97 Å². The van der Waals surface area contributed by atoms with Gasteiger partial charge < -0.3 is 10.2 Å². The van der Waals surface area contributed by atoms with Crippen molar-refractivity contribution in [1.82, 2.24) is 14.5 Å². The first kappa shape index (κ1) is 21.1. The van der Waals surface area contributed by atoms with E-state index in [1.807, 2.05) is 37.3 Å². The number of unbranched alkanes of at least 4 members (excludes halogenated alkanes) is 1. The van der Waals surface area contributed by atoms with Crippen molar-refractivity contribution < 1.29 is 9.21 Å². The van der Waals surface area contributed by atoms with E-state index in [1.54, 1.807) is 13.8 Å². The lowest BCUT2D eigenvalue weighted by Gasteiger charge is -2.22. The van der Waals surface area contributed by atoms with Crippen LogP contribution in [0.15, 0.2) is 44.3 Å². The van der Waals surface area contributed by atoms with Gasteiger partial charge in [-0.05, 0) is 32.4 Å². The number of nitrogen functional groups attached to an aromatic ring is 1. The Morgan fingerprint density at radius 2 is 1.93 bits per heavy atom. The van der Waals surface area contributed by atoms with Crippen molar-refractivity contribution in [3.8, 4) is 11.5 Å². The molecule has 3 N–H and O–H groups in total. The molecule has 30 heavy (non-hydrogen) atoms. The summed E-state index contributed by atoms with van der Waals surface area (Å²) < 4.78 is 6.96. The molecule has 0 spiro atoms. The Bertz CT molecular complexity index is 1160. The van der Waals surface area contributed by atoms with Crippen LogP contribution in [0, 0.1) is 6.92 Å². The quantitative estimate of drug-likeness (QED) is 0.615. The second-order valence-electron chi connectivity index (χ2n) is 6.84. The highest BCUT2D eigenvalue weighted by atomic mass is 16.4. The maximum atomic E-state index is 13.3. The number of nitrogens with two attached hydrogens (primary N) is 1. The van der Waals surface area contributed by atoms with Crippen LogP contribution in [0.5, 0.6) is 0 Å². The second-order valence-corrected chi connectivity index (χ2v) is 6.84. The molecule has 0 saturated heterocycles. The van der Waals surface area contributed by atoms with E-state index in [9.17, 15) is 14.4 Å². The largest absolute Gasteiger partial charge is 0.441 e. The van der Waals surface area contributed by atoms with Gasteiger partial charge in [-0.25, -0.2) is 9.78 Å². The molecule has 2 heterocycles. The van der Waals surface area contributed by atoms with Gasteiger partial charge in [0.15, 0.2) is 11.4 Å². The van der Waals surface area contributed by atoms with Crippen LogP contribution in [-0.4, -0.2) is 27.0 Å². The number of carbonyl (C=O) groups is 1. The molecule has 0 aliphatic heterocycles. The molecule has 0 fully saturated rings. The van der Waals surface area contributed by atoms with Crippen LogP contribution in [0.4, 0.5) is 11.5 Å². The van der Waals surface area contributed by atoms with E-state index in [0.29, 0.717) is 24.6 Å². The second kappa shape index (κ2) is 8.81. The number of aromatic nitrogens is 3. The Balaban J connectivity index is 2.05. The van der Waals surface area contributed by atoms with Gasteiger partial charge in [0.05, 0.1) is 0 Å². The van der Waals surface area contributed by atoms with Crippen molar-refractivity contribution in [2.75, 3.05) is 17.2 Å². The van der Waals surface area contributed by atoms with Crippen LogP contribution in [0.1, 0.15) is 42.9 Å². The van der Waals surface area contributed by atoms with E-state index >= 15 is 0 Å². The summed E-state index contributed by atoms with van der Waals surface area (Å²) in [5.41, 5.74) is 5.59. The molecule has 0 atom stereocenters. The minimum atomic E-state index is -0.718. The normalized spacial score (nSPS) is 10.9. The van der Waals surface area contributed by atoms with Crippen LogP contribution in [0.2, 0.25) is 0 Å². The summed E-state index contributed by atoms with van der Waals surface area (Å²) in [5, 5.41) is 0. The van der Waals surface area contributed by atoms with Gasteiger partial charge in [0, 0.05) is 18.7 Å². The smallest absolute Gasteiger partial charge is 0.330 e. The van der Waals surface area contributed by atoms with E-state index in [-0.39, 0.29) is 23.7 Å². The third kappa shape index (κ3) is 3.91. The molecule has 9 heteroatoms. The summed E-state index contributed by atoms with van der Waals surface area (Å²) in [6, 6.07) is 9.20. The van der Waals surface area contributed by atoms with Crippen LogP contribution in [0.25, 0.3) is 11.5 Å². The Kier molecular flexibility index (Phi) is 6.20. The van der Waals surface area contributed by atoms with Gasteiger partial charge in [0.2, 0.25) is 5.89 Å². The molecule has 0 aliphatic carbocycles. The standard InChI is InChI=1S/C21H25N5O4/c1-4-6-12-26-17(22)16(18(27)24-21(26)29)25(5-2)20(28)15-13(3)30-19(23-15)14-10-8-7-9-11-14/h7-11H,4-6,12,22H2,1-3H3,(H,24,27,29). The Hall–Kier alpha value is -3.62. The summed E-state index contributed by atoms with van der Waals surface area (Å²) in [6.45, 7) is 5.83. The minimum absolute atomic E-state index is 0.0446. The number of rotatable bonds is 7. The number of hydrogen-bond acceptors (Lipinski definition) is 6. The number of aryl methyl sites for hydroxylation is 1. The summed E-state index contributed by atoms with van der Waals surface area (Å²) in [7, 11) is 0.